The first-order chi connectivity index (χ1) is 13.2. The first-order valence-electron chi connectivity index (χ1n) is 8.72. The van der Waals surface area contributed by atoms with Gasteiger partial charge in [-0.25, -0.2) is 8.42 Å². The van der Waals surface area contributed by atoms with Crippen molar-refractivity contribution < 1.29 is 26.4 Å². The molecule has 1 fully saturated rings. The molecule has 0 saturated carbocycles. The van der Waals surface area contributed by atoms with E-state index in [9.17, 15) is 26.4 Å². The van der Waals surface area contributed by atoms with E-state index in [2.05, 4.69) is 5.32 Å². The molecule has 1 saturated heterocycles. The van der Waals surface area contributed by atoms with Crippen molar-refractivity contribution in [3.63, 3.8) is 0 Å². The van der Waals surface area contributed by atoms with Crippen LogP contribution >= 0.6 is 0 Å². The highest BCUT2D eigenvalue weighted by Gasteiger charge is 2.30. The Morgan fingerprint density at radius 3 is 2.29 bits per heavy atom. The van der Waals surface area contributed by atoms with Crippen LogP contribution in [0, 0.1) is 0 Å². The third-order valence-corrected chi connectivity index (χ3v) is 6.44. The van der Waals surface area contributed by atoms with Crippen molar-refractivity contribution in [3.8, 4) is 0 Å². The molecule has 1 N–H and O–H groups in total. The lowest BCUT2D eigenvalue weighted by Gasteiger charge is -2.15. The highest BCUT2D eigenvalue weighted by Crippen LogP contribution is 2.29. The zero-order valence-electron chi connectivity index (χ0n) is 14.9. The third-order valence-electron chi connectivity index (χ3n) is 4.53. The van der Waals surface area contributed by atoms with Gasteiger partial charge in [0.25, 0.3) is 5.91 Å². The second-order valence-electron chi connectivity index (χ2n) is 6.52. The highest BCUT2D eigenvalue weighted by molar-refractivity contribution is 7.89. The molecule has 0 unspecified atom stereocenters. The molecule has 3 rings (SSSR count). The standard InChI is InChI=1S/C19H19F3N2O3S/c20-19(21,22)16-5-3-4-14(12-16)13-23-18(25)15-6-8-17(9-7-15)28(26,27)24-10-1-2-11-24/h3-9,12H,1-2,10-11,13H2,(H,23,25). The summed E-state index contributed by atoms with van der Waals surface area (Å²) in [4.78, 5) is 12.3. The van der Waals surface area contributed by atoms with E-state index < -0.39 is 27.7 Å². The Morgan fingerprint density at radius 2 is 1.68 bits per heavy atom. The number of rotatable bonds is 5. The zero-order valence-corrected chi connectivity index (χ0v) is 15.7. The molecular formula is C19H19F3N2O3S. The molecule has 0 spiro atoms. The second-order valence-corrected chi connectivity index (χ2v) is 8.45. The van der Waals surface area contributed by atoms with E-state index in [0.717, 1.165) is 25.0 Å². The van der Waals surface area contributed by atoms with Crippen LogP contribution in [0.4, 0.5) is 13.2 Å². The van der Waals surface area contributed by atoms with Gasteiger partial charge in [0.05, 0.1) is 10.5 Å². The molecule has 0 aromatic heterocycles. The van der Waals surface area contributed by atoms with E-state index in [0.29, 0.717) is 18.7 Å². The SMILES string of the molecule is O=C(NCc1cccc(C(F)(F)F)c1)c1ccc(S(=O)(=O)N2CCCC2)cc1. The molecule has 0 bridgehead atoms. The molecular weight excluding hydrogens is 393 g/mol. The summed E-state index contributed by atoms with van der Waals surface area (Å²) in [7, 11) is -3.56. The molecule has 2 aromatic rings. The van der Waals surface area contributed by atoms with E-state index in [1.54, 1.807) is 0 Å². The van der Waals surface area contributed by atoms with Crippen LogP contribution in [-0.4, -0.2) is 31.7 Å². The molecule has 0 radical (unpaired) electrons. The van der Waals surface area contributed by atoms with Crippen LogP contribution in [0.25, 0.3) is 0 Å². The molecule has 1 heterocycles. The topological polar surface area (TPSA) is 66.5 Å². The molecule has 0 atom stereocenters. The first-order valence-corrected chi connectivity index (χ1v) is 10.2. The summed E-state index contributed by atoms with van der Waals surface area (Å²) in [6.07, 6.45) is -2.79. The number of benzene rings is 2. The van der Waals surface area contributed by atoms with Crippen molar-refractivity contribution in [2.75, 3.05) is 13.1 Å². The van der Waals surface area contributed by atoms with Crippen molar-refractivity contribution in [2.24, 2.45) is 0 Å². The van der Waals surface area contributed by atoms with Gasteiger partial charge in [0.2, 0.25) is 10.0 Å². The van der Waals surface area contributed by atoms with Crippen LogP contribution in [-0.2, 0) is 22.7 Å². The van der Waals surface area contributed by atoms with Crippen molar-refractivity contribution in [2.45, 2.75) is 30.5 Å². The average molecular weight is 412 g/mol. The maximum atomic E-state index is 12.7. The van der Waals surface area contributed by atoms with E-state index >= 15 is 0 Å². The molecule has 9 heteroatoms. The molecule has 150 valence electrons. The first kappa shape index (κ1) is 20.3. The minimum Gasteiger partial charge on any atom is -0.348 e. The lowest BCUT2D eigenvalue weighted by atomic mass is 10.1. The molecule has 5 nitrogen and oxygen atoms in total. The van der Waals surface area contributed by atoms with Gasteiger partial charge in [-0.05, 0) is 54.8 Å². The summed E-state index contributed by atoms with van der Waals surface area (Å²) in [5.41, 5.74) is -0.237. The van der Waals surface area contributed by atoms with Gasteiger partial charge in [0, 0.05) is 25.2 Å². The molecule has 1 amide bonds. The van der Waals surface area contributed by atoms with Crippen LogP contribution in [0.2, 0.25) is 0 Å². The molecule has 28 heavy (non-hydrogen) atoms. The van der Waals surface area contributed by atoms with Gasteiger partial charge in [-0.1, -0.05) is 12.1 Å². The van der Waals surface area contributed by atoms with Gasteiger partial charge in [0.15, 0.2) is 0 Å². The monoisotopic (exact) mass is 412 g/mol. The summed E-state index contributed by atoms with van der Waals surface area (Å²) in [6.45, 7) is 0.902. The molecule has 1 aliphatic rings. The quantitative estimate of drug-likeness (QED) is 0.818. The highest BCUT2D eigenvalue weighted by atomic mass is 32.2. The fourth-order valence-electron chi connectivity index (χ4n) is 3.00. The predicted octanol–water partition coefficient (Wildman–Crippen LogP) is 3.42. The number of carbonyl (C=O) groups is 1. The predicted molar refractivity (Wildman–Crippen MR) is 97.0 cm³/mol. The Kier molecular flexibility index (Phi) is 5.76. The van der Waals surface area contributed by atoms with Crippen molar-refractivity contribution in [1.29, 1.82) is 0 Å². The number of nitrogens with one attached hydrogen (secondary N) is 1. The largest absolute Gasteiger partial charge is 0.416 e. The normalized spacial score (nSPS) is 15.5. The van der Waals surface area contributed by atoms with Crippen LogP contribution in [0.5, 0.6) is 0 Å². The molecule has 1 aliphatic heterocycles. The average Bonchev–Trinajstić information content (AvgIpc) is 3.21. The lowest BCUT2D eigenvalue weighted by Crippen LogP contribution is -2.28. The number of hydrogen-bond acceptors (Lipinski definition) is 3. The second kappa shape index (κ2) is 7.92. The Bertz CT molecular complexity index is 951. The van der Waals surface area contributed by atoms with Crippen LogP contribution < -0.4 is 5.32 Å². The van der Waals surface area contributed by atoms with Gasteiger partial charge in [-0.2, -0.15) is 17.5 Å². The molecule has 2 aromatic carbocycles. The Balaban J connectivity index is 1.65. The number of nitrogens with zero attached hydrogens (tertiary/aromatic N) is 1. The summed E-state index contributed by atoms with van der Waals surface area (Å²) in [5.74, 6) is -0.498. The summed E-state index contributed by atoms with van der Waals surface area (Å²) in [6, 6.07) is 10.2. The summed E-state index contributed by atoms with van der Waals surface area (Å²) >= 11 is 0. The number of halogens is 3. The van der Waals surface area contributed by atoms with Gasteiger partial charge in [-0.15, -0.1) is 0 Å². The fourth-order valence-corrected chi connectivity index (χ4v) is 4.51. The number of amides is 1. The number of hydrogen-bond donors (Lipinski definition) is 1. The Morgan fingerprint density at radius 1 is 1.04 bits per heavy atom. The van der Waals surface area contributed by atoms with Crippen LogP contribution in [0.15, 0.2) is 53.4 Å². The smallest absolute Gasteiger partial charge is 0.348 e. The minimum atomic E-state index is -4.45. The fraction of sp³-hybridized carbons (Fsp3) is 0.316. The molecule has 0 aliphatic carbocycles. The van der Waals surface area contributed by atoms with E-state index in [-0.39, 0.29) is 17.0 Å². The number of sulfonamides is 1. The van der Waals surface area contributed by atoms with E-state index in [4.69, 9.17) is 0 Å². The van der Waals surface area contributed by atoms with Crippen LogP contribution in [0.1, 0.15) is 34.3 Å². The maximum Gasteiger partial charge on any atom is 0.416 e. The summed E-state index contributed by atoms with van der Waals surface area (Å²) in [5, 5.41) is 2.54. The van der Waals surface area contributed by atoms with Gasteiger partial charge in [-0.3, -0.25) is 4.79 Å². The van der Waals surface area contributed by atoms with E-state index in [1.807, 2.05) is 0 Å². The minimum absolute atomic E-state index is 0.0728. The third kappa shape index (κ3) is 4.53. The Labute approximate surface area is 161 Å². The van der Waals surface area contributed by atoms with Crippen molar-refractivity contribution in [1.82, 2.24) is 9.62 Å². The Hall–Kier alpha value is -2.39. The summed E-state index contributed by atoms with van der Waals surface area (Å²) < 4.78 is 64.6. The van der Waals surface area contributed by atoms with E-state index in [1.165, 1.54) is 40.7 Å². The van der Waals surface area contributed by atoms with Gasteiger partial charge >= 0.3 is 6.18 Å². The zero-order chi connectivity index (χ0) is 20.4. The lowest BCUT2D eigenvalue weighted by molar-refractivity contribution is -0.137. The maximum absolute atomic E-state index is 12.7. The van der Waals surface area contributed by atoms with Gasteiger partial charge in [0.1, 0.15) is 0 Å². The van der Waals surface area contributed by atoms with Crippen molar-refractivity contribution in [3.05, 3.63) is 65.2 Å². The van der Waals surface area contributed by atoms with Crippen LogP contribution in [0.3, 0.4) is 0 Å². The number of alkyl halides is 3. The van der Waals surface area contributed by atoms with Gasteiger partial charge < -0.3 is 5.32 Å². The number of carbonyl (C=O) groups excluding carboxylic acids is 1. The van der Waals surface area contributed by atoms with Crippen molar-refractivity contribution >= 4 is 15.9 Å².